The molecular weight excluding hydrogens is 372 g/mol. The first kappa shape index (κ1) is 19.5. The van der Waals surface area contributed by atoms with Gasteiger partial charge >= 0.3 is 5.97 Å². The van der Waals surface area contributed by atoms with Crippen LogP contribution in [0.2, 0.25) is 0 Å². The van der Waals surface area contributed by atoms with Gasteiger partial charge in [0, 0.05) is 23.9 Å². The Kier molecular flexibility index (Phi) is 5.80. The maximum absolute atomic E-state index is 12.4. The number of nitrogens with zero attached hydrogens (tertiary/aromatic N) is 4. The first-order valence-electron chi connectivity index (χ1n) is 8.72. The van der Waals surface area contributed by atoms with E-state index in [-0.39, 0.29) is 23.6 Å². The number of hydrogen-bond donors (Lipinski definition) is 0. The molecule has 3 rings (SSSR count). The van der Waals surface area contributed by atoms with Crippen LogP contribution in [0, 0.1) is 21.4 Å². The fourth-order valence-corrected chi connectivity index (χ4v) is 2.66. The van der Waals surface area contributed by atoms with Gasteiger partial charge in [0.05, 0.1) is 28.9 Å². The Hall–Kier alpha value is -4.25. The highest BCUT2D eigenvalue weighted by molar-refractivity contribution is 5.97. The number of rotatable bonds is 6. The molecule has 1 heterocycles. The minimum atomic E-state index is -0.602. The van der Waals surface area contributed by atoms with Gasteiger partial charge in [0.25, 0.3) is 5.69 Å². The molecule has 0 aliphatic heterocycles. The van der Waals surface area contributed by atoms with E-state index in [1.165, 1.54) is 35.0 Å². The highest BCUT2D eigenvalue weighted by Gasteiger charge is 2.18. The molecule has 0 bridgehead atoms. The van der Waals surface area contributed by atoms with E-state index < -0.39 is 10.9 Å². The van der Waals surface area contributed by atoms with Gasteiger partial charge < -0.3 is 4.74 Å². The summed E-state index contributed by atoms with van der Waals surface area (Å²) in [6, 6.07) is 16.9. The Balaban J connectivity index is 2.07. The first-order chi connectivity index (χ1) is 14.0. The minimum Gasteiger partial charge on any atom is -0.461 e. The first-order valence-corrected chi connectivity index (χ1v) is 8.72. The average molecular weight is 388 g/mol. The van der Waals surface area contributed by atoms with Crippen molar-refractivity contribution in [2.45, 2.75) is 6.92 Å². The lowest BCUT2D eigenvalue weighted by Crippen LogP contribution is -2.08. The van der Waals surface area contributed by atoms with Crippen molar-refractivity contribution in [1.82, 2.24) is 9.78 Å². The molecule has 0 spiro atoms. The molecule has 0 aliphatic carbocycles. The van der Waals surface area contributed by atoms with Crippen LogP contribution in [0.3, 0.4) is 0 Å². The summed E-state index contributed by atoms with van der Waals surface area (Å²) in [5.74, 6) is -0.602. The number of carbonyl (C=O) groups excluding carboxylic acids is 1. The van der Waals surface area contributed by atoms with Gasteiger partial charge in [-0.25, -0.2) is 9.48 Å². The number of benzene rings is 2. The molecule has 0 N–H and O–H groups in total. The molecule has 29 heavy (non-hydrogen) atoms. The van der Waals surface area contributed by atoms with E-state index in [2.05, 4.69) is 11.2 Å². The number of non-ortho nitro benzene ring substituents is 1. The molecule has 2 aromatic carbocycles. The predicted octanol–water partition coefficient (Wildman–Crippen LogP) is 4.02. The van der Waals surface area contributed by atoms with E-state index in [0.29, 0.717) is 11.1 Å². The molecule has 0 radical (unpaired) electrons. The van der Waals surface area contributed by atoms with Crippen molar-refractivity contribution in [3.63, 3.8) is 0 Å². The van der Waals surface area contributed by atoms with E-state index in [1.54, 1.807) is 13.1 Å². The maximum Gasteiger partial charge on any atom is 0.359 e. The molecule has 0 amide bonds. The van der Waals surface area contributed by atoms with E-state index in [4.69, 9.17) is 4.74 Å². The number of nitro groups is 1. The normalized spacial score (nSPS) is 11.0. The van der Waals surface area contributed by atoms with Gasteiger partial charge in [0.1, 0.15) is 0 Å². The number of hydrogen-bond acceptors (Lipinski definition) is 6. The van der Waals surface area contributed by atoms with Crippen LogP contribution in [0.15, 0.2) is 60.8 Å². The highest BCUT2D eigenvalue weighted by atomic mass is 16.6. The molecule has 1 aromatic heterocycles. The van der Waals surface area contributed by atoms with Gasteiger partial charge in [-0.1, -0.05) is 18.2 Å². The molecule has 0 saturated carbocycles. The predicted molar refractivity (Wildman–Crippen MR) is 106 cm³/mol. The topological polar surface area (TPSA) is 111 Å². The molecule has 8 heteroatoms. The van der Waals surface area contributed by atoms with Crippen LogP contribution in [0.1, 0.15) is 28.5 Å². The third-order valence-electron chi connectivity index (χ3n) is 4.04. The third-order valence-corrected chi connectivity index (χ3v) is 4.04. The van der Waals surface area contributed by atoms with Crippen LogP contribution in [0.5, 0.6) is 0 Å². The van der Waals surface area contributed by atoms with Crippen molar-refractivity contribution in [2.24, 2.45) is 0 Å². The van der Waals surface area contributed by atoms with Crippen molar-refractivity contribution >= 4 is 23.3 Å². The Labute approximate surface area is 166 Å². The number of aromatic nitrogens is 2. The lowest BCUT2D eigenvalue weighted by molar-refractivity contribution is -0.384. The number of esters is 1. The summed E-state index contributed by atoms with van der Waals surface area (Å²) in [5, 5.41) is 24.7. The van der Waals surface area contributed by atoms with E-state index >= 15 is 0 Å². The number of nitro benzene ring substituents is 1. The fourth-order valence-electron chi connectivity index (χ4n) is 2.66. The quantitative estimate of drug-likeness (QED) is 0.273. The van der Waals surface area contributed by atoms with Crippen LogP contribution in [0.25, 0.3) is 17.3 Å². The Bertz CT molecular complexity index is 1110. The minimum absolute atomic E-state index is 0.0739. The summed E-state index contributed by atoms with van der Waals surface area (Å²) in [5.41, 5.74) is 1.87. The second-order valence-corrected chi connectivity index (χ2v) is 5.91. The van der Waals surface area contributed by atoms with Gasteiger partial charge in [-0.05, 0) is 42.8 Å². The molecular formula is C21H16N4O4. The molecule has 0 aliphatic rings. The molecule has 8 nitrogen and oxygen atoms in total. The second kappa shape index (κ2) is 8.63. The van der Waals surface area contributed by atoms with Crippen molar-refractivity contribution in [1.29, 1.82) is 5.26 Å². The van der Waals surface area contributed by atoms with Crippen molar-refractivity contribution in [3.05, 3.63) is 87.7 Å². The van der Waals surface area contributed by atoms with Crippen LogP contribution in [-0.4, -0.2) is 27.3 Å². The van der Waals surface area contributed by atoms with E-state index in [0.717, 1.165) is 5.69 Å². The molecule has 0 saturated heterocycles. The zero-order chi connectivity index (χ0) is 20.8. The Morgan fingerprint density at radius 1 is 1.24 bits per heavy atom. The lowest BCUT2D eigenvalue weighted by Gasteiger charge is -2.01. The smallest absolute Gasteiger partial charge is 0.359 e. The van der Waals surface area contributed by atoms with Crippen LogP contribution in [-0.2, 0) is 4.74 Å². The zero-order valence-corrected chi connectivity index (χ0v) is 15.5. The third kappa shape index (κ3) is 4.36. The number of ether oxygens (including phenoxy) is 1. The van der Waals surface area contributed by atoms with E-state index in [1.807, 2.05) is 30.3 Å². The molecule has 144 valence electrons. The summed E-state index contributed by atoms with van der Waals surface area (Å²) in [6.07, 6.45) is 3.14. The van der Waals surface area contributed by atoms with Crippen LogP contribution in [0.4, 0.5) is 5.69 Å². The summed E-state index contributed by atoms with van der Waals surface area (Å²) in [6.45, 7) is 1.88. The summed E-state index contributed by atoms with van der Waals surface area (Å²) >= 11 is 0. The van der Waals surface area contributed by atoms with Crippen molar-refractivity contribution < 1.29 is 14.5 Å². The highest BCUT2D eigenvalue weighted by Crippen LogP contribution is 2.23. The molecule has 0 unspecified atom stereocenters. The Morgan fingerprint density at radius 2 is 1.93 bits per heavy atom. The van der Waals surface area contributed by atoms with Gasteiger partial charge in [-0.3, -0.25) is 10.1 Å². The molecule has 0 atom stereocenters. The van der Waals surface area contributed by atoms with E-state index in [9.17, 15) is 20.2 Å². The van der Waals surface area contributed by atoms with Crippen molar-refractivity contribution in [2.75, 3.05) is 6.61 Å². The summed E-state index contributed by atoms with van der Waals surface area (Å²) < 4.78 is 6.61. The van der Waals surface area contributed by atoms with Crippen molar-refractivity contribution in [3.8, 4) is 11.8 Å². The second-order valence-electron chi connectivity index (χ2n) is 5.91. The summed E-state index contributed by atoms with van der Waals surface area (Å²) in [4.78, 5) is 22.7. The number of nitriles is 1. The monoisotopic (exact) mass is 388 g/mol. The van der Waals surface area contributed by atoms with Crippen LogP contribution < -0.4 is 0 Å². The number of para-hydroxylation sites is 1. The standard InChI is InChI=1S/C21H16N4O4/c1-2-29-21(26)20-17(14-24(23-20)18-6-4-3-5-7-18)12-16(13-22)15-8-10-19(11-9-15)25(27)28/h3-12,14H,2H2,1H3/b16-12-. The SMILES string of the molecule is CCOC(=O)c1nn(-c2ccccc2)cc1/C=C(/C#N)c1ccc([N+](=O)[O-])cc1. The lowest BCUT2D eigenvalue weighted by atomic mass is 10.0. The maximum atomic E-state index is 12.4. The molecule has 0 fully saturated rings. The van der Waals surface area contributed by atoms with Gasteiger partial charge in [-0.15, -0.1) is 0 Å². The zero-order valence-electron chi connectivity index (χ0n) is 15.5. The average Bonchev–Trinajstić information content (AvgIpc) is 3.17. The van der Waals surface area contributed by atoms with Gasteiger partial charge in [0.2, 0.25) is 0 Å². The largest absolute Gasteiger partial charge is 0.461 e. The van der Waals surface area contributed by atoms with Crippen LogP contribution >= 0.6 is 0 Å². The summed E-state index contributed by atoms with van der Waals surface area (Å²) in [7, 11) is 0. The van der Waals surface area contributed by atoms with Gasteiger partial charge in [-0.2, -0.15) is 10.4 Å². The fraction of sp³-hybridized carbons (Fsp3) is 0.0952. The van der Waals surface area contributed by atoms with Gasteiger partial charge in [0.15, 0.2) is 5.69 Å². The number of allylic oxidation sites excluding steroid dienone is 1. The number of carbonyl (C=O) groups is 1. The molecule has 3 aromatic rings. The Morgan fingerprint density at radius 3 is 2.52 bits per heavy atom.